The first-order valence-corrected chi connectivity index (χ1v) is 10.2. The molecule has 4 rings (SSSR count). The van der Waals surface area contributed by atoms with Gasteiger partial charge in [0, 0.05) is 42.9 Å². The number of nitriles is 1. The van der Waals surface area contributed by atoms with Gasteiger partial charge in [0.25, 0.3) is 0 Å². The van der Waals surface area contributed by atoms with Crippen LogP contribution in [0, 0.1) is 25.2 Å². The summed E-state index contributed by atoms with van der Waals surface area (Å²) in [6.45, 7) is 4.76. The molecule has 0 saturated carbocycles. The number of nitrogens with one attached hydrogen (secondary N) is 3. The van der Waals surface area contributed by atoms with Crippen LogP contribution in [0.2, 0.25) is 0 Å². The number of methoxy groups -OCH3 is 1. The first-order valence-electron chi connectivity index (χ1n) is 10.2. The van der Waals surface area contributed by atoms with Crippen LogP contribution in [0.25, 0.3) is 0 Å². The molecule has 2 bridgehead atoms. The summed E-state index contributed by atoms with van der Waals surface area (Å²) in [5.74, 6) is 2.50. The zero-order chi connectivity index (χ0) is 20.4. The summed E-state index contributed by atoms with van der Waals surface area (Å²) < 4.78 is 5.48. The molecule has 29 heavy (non-hydrogen) atoms. The lowest BCUT2D eigenvalue weighted by atomic mass is 9.97. The number of piperidine rings is 1. The summed E-state index contributed by atoms with van der Waals surface area (Å²) in [6.07, 6.45) is 5.10. The second kappa shape index (κ2) is 8.25. The van der Waals surface area contributed by atoms with Crippen LogP contribution in [0.4, 0.5) is 17.6 Å². The van der Waals surface area contributed by atoms with Crippen molar-refractivity contribution in [1.29, 1.82) is 5.26 Å². The van der Waals surface area contributed by atoms with E-state index in [1.807, 2.05) is 19.9 Å². The van der Waals surface area contributed by atoms with Crippen LogP contribution >= 0.6 is 0 Å². The lowest BCUT2D eigenvalue weighted by Crippen LogP contribution is -2.47. The summed E-state index contributed by atoms with van der Waals surface area (Å²) in [4.78, 5) is 11.8. The number of fused-ring (bicyclic) bond motifs is 2. The molecule has 2 aliphatic rings. The van der Waals surface area contributed by atoms with Crippen molar-refractivity contribution in [3.8, 4) is 11.9 Å². The zero-order valence-electron chi connectivity index (χ0n) is 17.2. The van der Waals surface area contributed by atoms with Crippen molar-refractivity contribution in [2.75, 3.05) is 24.3 Å². The minimum Gasteiger partial charge on any atom is -0.481 e. The quantitative estimate of drug-likeness (QED) is 0.654. The SMILES string of the molecule is COc1nc(NC2C[C@H]3CC[C@@H](C2)N3CCC#N)nc(Nc2cc(C)[nH]n2)c1C. The third-order valence-corrected chi connectivity index (χ3v) is 5.95. The summed E-state index contributed by atoms with van der Waals surface area (Å²) in [7, 11) is 1.62. The maximum Gasteiger partial charge on any atom is 0.228 e. The highest BCUT2D eigenvalue weighted by molar-refractivity contribution is 5.60. The number of ether oxygens (including phenoxy) is 1. The molecule has 2 saturated heterocycles. The number of aromatic nitrogens is 4. The maximum atomic E-state index is 8.91. The molecule has 0 spiro atoms. The maximum absolute atomic E-state index is 8.91. The molecule has 4 heterocycles. The van der Waals surface area contributed by atoms with Gasteiger partial charge in [0.2, 0.25) is 11.8 Å². The van der Waals surface area contributed by atoms with Crippen LogP contribution in [-0.4, -0.2) is 56.8 Å². The Morgan fingerprint density at radius 2 is 2.03 bits per heavy atom. The molecule has 2 aromatic heterocycles. The van der Waals surface area contributed by atoms with Crippen molar-refractivity contribution in [3.63, 3.8) is 0 Å². The second-order valence-corrected chi connectivity index (χ2v) is 7.93. The predicted molar refractivity (Wildman–Crippen MR) is 110 cm³/mol. The number of H-pyrrole nitrogens is 1. The topological polar surface area (TPSA) is 115 Å². The van der Waals surface area contributed by atoms with Gasteiger partial charge in [-0.25, -0.2) is 0 Å². The molecule has 9 heteroatoms. The van der Waals surface area contributed by atoms with Gasteiger partial charge in [0.15, 0.2) is 5.82 Å². The van der Waals surface area contributed by atoms with Gasteiger partial charge in [0.05, 0.1) is 18.7 Å². The number of aryl methyl sites for hydroxylation is 1. The minimum atomic E-state index is 0.318. The lowest BCUT2D eigenvalue weighted by Gasteiger charge is -2.38. The van der Waals surface area contributed by atoms with E-state index >= 15 is 0 Å². The molecule has 3 N–H and O–H groups in total. The highest BCUT2D eigenvalue weighted by atomic mass is 16.5. The summed E-state index contributed by atoms with van der Waals surface area (Å²) in [5, 5.41) is 22.8. The van der Waals surface area contributed by atoms with Gasteiger partial charge in [-0.1, -0.05) is 0 Å². The van der Waals surface area contributed by atoms with Crippen LogP contribution in [0.3, 0.4) is 0 Å². The highest BCUT2D eigenvalue weighted by Crippen LogP contribution is 2.37. The van der Waals surface area contributed by atoms with Gasteiger partial charge in [-0.2, -0.15) is 20.3 Å². The van der Waals surface area contributed by atoms with E-state index in [2.05, 4.69) is 36.8 Å². The molecule has 0 radical (unpaired) electrons. The van der Waals surface area contributed by atoms with Gasteiger partial charge in [0.1, 0.15) is 5.82 Å². The normalized spacial score (nSPS) is 23.6. The molecule has 1 unspecified atom stereocenters. The molecule has 0 aromatic carbocycles. The molecular formula is C20H28N8O. The van der Waals surface area contributed by atoms with E-state index in [-0.39, 0.29) is 0 Å². The van der Waals surface area contributed by atoms with Crippen LogP contribution in [0.5, 0.6) is 5.88 Å². The number of hydrogen-bond acceptors (Lipinski definition) is 8. The molecule has 2 aromatic rings. The minimum absolute atomic E-state index is 0.318. The fourth-order valence-electron chi connectivity index (χ4n) is 4.60. The molecule has 0 aliphatic carbocycles. The van der Waals surface area contributed by atoms with E-state index < -0.39 is 0 Å². The molecule has 9 nitrogen and oxygen atoms in total. The molecule has 2 fully saturated rings. The van der Waals surface area contributed by atoms with Crippen molar-refractivity contribution < 1.29 is 4.74 Å². The zero-order valence-corrected chi connectivity index (χ0v) is 17.2. The van der Waals surface area contributed by atoms with Crippen LogP contribution in [-0.2, 0) is 0 Å². The Labute approximate surface area is 170 Å². The Morgan fingerprint density at radius 3 is 2.66 bits per heavy atom. The van der Waals surface area contributed by atoms with Gasteiger partial charge >= 0.3 is 0 Å². The largest absolute Gasteiger partial charge is 0.481 e. The Morgan fingerprint density at radius 1 is 1.28 bits per heavy atom. The first-order chi connectivity index (χ1) is 14.1. The van der Waals surface area contributed by atoms with E-state index in [9.17, 15) is 0 Å². The number of nitrogens with zero attached hydrogens (tertiary/aromatic N) is 5. The van der Waals surface area contributed by atoms with Crippen LogP contribution in [0.15, 0.2) is 6.07 Å². The average molecular weight is 396 g/mol. The first kappa shape index (κ1) is 19.5. The van der Waals surface area contributed by atoms with Crippen molar-refractivity contribution in [3.05, 3.63) is 17.3 Å². The van der Waals surface area contributed by atoms with Crippen LogP contribution < -0.4 is 15.4 Å². The molecule has 0 amide bonds. The lowest BCUT2D eigenvalue weighted by molar-refractivity contribution is 0.135. The van der Waals surface area contributed by atoms with Crippen molar-refractivity contribution >= 4 is 17.6 Å². The number of rotatable bonds is 7. The smallest absolute Gasteiger partial charge is 0.228 e. The Kier molecular flexibility index (Phi) is 5.53. The fourth-order valence-corrected chi connectivity index (χ4v) is 4.60. The fraction of sp³-hybridized carbons (Fsp3) is 0.600. The Bertz CT molecular complexity index is 890. The van der Waals surface area contributed by atoms with Gasteiger partial charge in [-0.3, -0.25) is 10.00 Å². The number of aromatic amines is 1. The molecular weight excluding hydrogens is 368 g/mol. The average Bonchev–Trinajstić information content (AvgIpc) is 3.21. The molecule has 3 atom stereocenters. The monoisotopic (exact) mass is 396 g/mol. The Balaban J connectivity index is 1.49. The Hall–Kier alpha value is -2.86. The van der Waals surface area contributed by atoms with Gasteiger partial charge in [-0.15, -0.1) is 0 Å². The molecule has 2 aliphatic heterocycles. The van der Waals surface area contributed by atoms with Gasteiger partial charge in [-0.05, 0) is 39.5 Å². The summed E-state index contributed by atoms with van der Waals surface area (Å²) in [5.41, 5.74) is 1.81. The third kappa shape index (κ3) is 4.12. The summed E-state index contributed by atoms with van der Waals surface area (Å²) >= 11 is 0. The van der Waals surface area contributed by atoms with Crippen molar-refractivity contribution in [2.45, 2.75) is 64.1 Å². The van der Waals surface area contributed by atoms with E-state index in [1.54, 1.807) is 7.11 Å². The van der Waals surface area contributed by atoms with Crippen molar-refractivity contribution in [2.24, 2.45) is 0 Å². The van der Waals surface area contributed by atoms with Crippen LogP contribution in [0.1, 0.15) is 43.4 Å². The predicted octanol–water partition coefficient (Wildman–Crippen LogP) is 2.89. The third-order valence-electron chi connectivity index (χ3n) is 5.95. The van der Waals surface area contributed by atoms with E-state index in [0.29, 0.717) is 48.0 Å². The van der Waals surface area contributed by atoms with E-state index in [4.69, 9.17) is 15.0 Å². The number of hydrogen-bond donors (Lipinski definition) is 3. The van der Waals surface area contributed by atoms with Crippen molar-refractivity contribution in [1.82, 2.24) is 25.1 Å². The van der Waals surface area contributed by atoms with E-state index in [0.717, 1.165) is 30.6 Å². The van der Waals surface area contributed by atoms with E-state index in [1.165, 1.54) is 12.8 Å². The molecule has 154 valence electrons. The number of anilines is 3. The van der Waals surface area contributed by atoms with Gasteiger partial charge < -0.3 is 15.4 Å². The summed E-state index contributed by atoms with van der Waals surface area (Å²) in [6, 6.07) is 5.60. The highest BCUT2D eigenvalue weighted by Gasteiger charge is 2.40. The standard InChI is InChI=1S/C20H28N8O/c1-12-9-17(27-26-12)23-18-13(2)19(29-3)25-20(24-18)22-14-10-15-5-6-16(11-14)28(15)8-4-7-21/h9,14-16H,4-6,8,10-11H2,1-3H3,(H3,22,23,24,25,26,27)/t14?,15-,16+. The second-order valence-electron chi connectivity index (χ2n) is 7.93.